The van der Waals surface area contributed by atoms with E-state index in [2.05, 4.69) is 30.6 Å². The third-order valence-corrected chi connectivity index (χ3v) is 2.40. The number of unbranched alkanes of at least 4 members (excludes halogenated alkanes) is 1. The Morgan fingerprint density at radius 3 is 2.65 bits per heavy atom. The highest BCUT2D eigenvalue weighted by molar-refractivity contribution is 5.32. The van der Waals surface area contributed by atoms with Crippen LogP contribution < -0.4 is 0 Å². The summed E-state index contributed by atoms with van der Waals surface area (Å²) in [6, 6.07) is 0. The Morgan fingerprint density at radius 2 is 1.95 bits per heavy atom. The zero-order valence-corrected chi connectivity index (χ0v) is 12.4. The molecule has 2 nitrogen and oxygen atoms in total. The summed E-state index contributed by atoms with van der Waals surface area (Å²) in [7, 11) is 1.73. The van der Waals surface area contributed by atoms with Gasteiger partial charge >= 0.3 is 0 Å². The number of ether oxygens (including phenoxy) is 1. The van der Waals surface area contributed by atoms with Crippen molar-refractivity contribution in [2.45, 2.75) is 38.7 Å². The van der Waals surface area contributed by atoms with E-state index in [1.807, 2.05) is 30.4 Å². The molecule has 0 aliphatic heterocycles. The first-order valence-corrected chi connectivity index (χ1v) is 6.97. The maximum Gasteiger partial charge on any atom is 0.0754 e. The molecular weight excluding hydrogens is 248 g/mol. The Morgan fingerprint density at radius 1 is 1.15 bits per heavy atom. The van der Waals surface area contributed by atoms with E-state index in [0.29, 0.717) is 12.8 Å². The third kappa shape index (κ3) is 12.7. The molecule has 0 spiro atoms. The Labute approximate surface area is 123 Å². The summed E-state index contributed by atoms with van der Waals surface area (Å²) in [4.78, 5) is 0. The van der Waals surface area contributed by atoms with Crippen LogP contribution in [0.15, 0.2) is 36.5 Å². The van der Waals surface area contributed by atoms with Crippen molar-refractivity contribution in [2.24, 2.45) is 0 Å². The minimum absolute atomic E-state index is 0.183. The molecule has 0 fully saturated rings. The smallest absolute Gasteiger partial charge is 0.0754 e. The zero-order valence-electron chi connectivity index (χ0n) is 12.4. The van der Waals surface area contributed by atoms with Gasteiger partial charge in [-0.3, -0.25) is 0 Å². The minimum Gasteiger partial charge on any atom is -0.396 e. The molecule has 1 N–H and O–H groups in total. The summed E-state index contributed by atoms with van der Waals surface area (Å²) in [6.07, 6.45) is 15.3. The van der Waals surface area contributed by atoms with Gasteiger partial charge in [0.1, 0.15) is 0 Å². The van der Waals surface area contributed by atoms with Crippen LogP contribution in [0.2, 0.25) is 0 Å². The fourth-order valence-corrected chi connectivity index (χ4v) is 1.35. The Bertz CT molecular complexity index is 422. The molecule has 0 aromatic rings. The summed E-state index contributed by atoms with van der Waals surface area (Å²) in [5, 5.41) is 8.55. The predicted octanol–water partition coefficient (Wildman–Crippen LogP) is 3.25. The van der Waals surface area contributed by atoms with Gasteiger partial charge in [0, 0.05) is 20.1 Å². The SMILES string of the molecule is CCC[C@H](/C=C/C=C/C=C/C#CC#CCCCO)OC. The van der Waals surface area contributed by atoms with Gasteiger partial charge in [0.05, 0.1) is 6.10 Å². The third-order valence-electron chi connectivity index (χ3n) is 2.40. The van der Waals surface area contributed by atoms with E-state index in [-0.39, 0.29) is 12.7 Å². The van der Waals surface area contributed by atoms with Crippen LogP contribution in [0.4, 0.5) is 0 Å². The van der Waals surface area contributed by atoms with Crippen LogP contribution in [0, 0.1) is 23.7 Å². The Hall–Kier alpha value is -1.74. The first-order valence-electron chi connectivity index (χ1n) is 6.97. The lowest BCUT2D eigenvalue weighted by Crippen LogP contribution is -2.05. The van der Waals surface area contributed by atoms with Crippen LogP contribution >= 0.6 is 0 Å². The molecule has 0 amide bonds. The maximum absolute atomic E-state index is 8.55. The van der Waals surface area contributed by atoms with Crippen molar-refractivity contribution < 1.29 is 9.84 Å². The number of hydrogen-bond acceptors (Lipinski definition) is 2. The van der Waals surface area contributed by atoms with E-state index in [9.17, 15) is 0 Å². The summed E-state index contributed by atoms with van der Waals surface area (Å²) >= 11 is 0. The molecule has 20 heavy (non-hydrogen) atoms. The summed E-state index contributed by atoms with van der Waals surface area (Å²) in [6.45, 7) is 2.33. The highest BCUT2D eigenvalue weighted by Gasteiger charge is 1.97. The molecule has 1 atom stereocenters. The highest BCUT2D eigenvalue weighted by atomic mass is 16.5. The van der Waals surface area contributed by atoms with Gasteiger partial charge in [-0.2, -0.15) is 0 Å². The van der Waals surface area contributed by atoms with Crippen molar-refractivity contribution in [3.05, 3.63) is 36.5 Å². The normalized spacial score (nSPS) is 12.3. The van der Waals surface area contributed by atoms with Crippen molar-refractivity contribution in [3.8, 4) is 23.7 Å². The van der Waals surface area contributed by atoms with E-state index in [1.165, 1.54) is 0 Å². The van der Waals surface area contributed by atoms with Crippen molar-refractivity contribution in [2.75, 3.05) is 13.7 Å². The second kappa shape index (κ2) is 15.3. The van der Waals surface area contributed by atoms with E-state index in [0.717, 1.165) is 12.8 Å². The first kappa shape index (κ1) is 18.3. The van der Waals surface area contributed by atoms with Crippen molar-refractivity contribution in [3.63, 3.8) is 0 Å². The second-order valence-electron chi connectivity index (χ2n) is 4.09. The fourth-order valence-electron chi connectivity index (χ4n) is 1.35. The van der Waals surface area contributed by atoms with E-state index < -0.39 is 0 Å². The van der Waals surface area contributed by atoms with E-state index >= 15 is 0 Å². The summed E-state index contributed by atoms with van der Waals surface area (Å²) < 4.78 is 5.30. The fraction of sp³-hybridized carbons (Fsp3) is 0.444. The van der Waals surface area contributed by atoms with Crippen molar-refractivity contribution in [1.82, 2.24) is 0 Å². The van der Waals surface area contributed by atoms with Gasteiger partial charge in [-0.25, -0.2) is 0 Å². The molecule has 108 valence electrons. The molecule has 0 bridgehead atoms. The molecule has 0 aromatic carbocycles. The van der Waals surface area contributed by atoms with Crippen LogP contribution in [0.3, 0.4) is 0 Å². The molecule has 0 saturated carbocycles. The Balaban J connectivity index is 3.93. The molecule has 0 aliphatic rings. The number of aliphatic hydroxyl groups is 1. The molecule has 0 unspecified atom stereocenters. The Kier molecular flexibility index (Phi) is 14.0. The van der Waals surface area contributed by atoms with Crippen LogP contribution in [0.5, 0.6) is 0 Å². The molecule has 0 aromatic heterocycles. The number of rotatable bonds is 8. The molecule has 2 heteroatoms. The second-order valence-corrected chi connectivity index (χ2v) is 4.09. The lowest BCUT2D eigenvalue weighted by molar-refractivity contribution is 0.133. The zero-order chi connectivity index (χ0) is 14.9. The van der Waals surface area contributed by atoms with Gasteiger partial charge in [0.15, 0.2) is 0 Å². The number of hydrogen-bond donors (Lipinski definition) is 1. The van der Waals surface area contributed by atoms with Crippen molar-refractivity contribution >= 4 is 0 Å². The average Bonchev–Trinajstić information content (AvgIpc) is 2.47. The number of methoxy groups -OCH3 is 1. The average molecular weight is 272 g/mol. The molecule has 0 aliphatic carbocycles. The topological polar surface area (TPSA) is 29.5 Å². The predicted molar refractivity (Wildman–Crippen MR) is 85.0 cm³/mol. The van der Waals surface area contributed by atoms with E-state index in [1.54, 1.807) is 13.2 Å². The van der Waals surface area contributed by atoms with Gasteiger partial charge in [0.2, 0.25) is 0 Å². The largest absolute Gasteiger partial charge is 0.396 e. The van der Waals surface area contributed by atoms with Gasteiger partial charge in [-0.05, 0) is 30.8 Å². The summed E-state index contributed by atoms with van der Waals surface area (Å²) in [5.74, 6) is 11.2. The van der Waals surface area contributed by atoms with Gasteiger partial charge in [-0.1, -0.05) is 55.6 Å². The number of allylic oxidation sites excluding steroid dienone is 5. The van der Waals surface area contributed by atoms with Crippen LogP contribution in [-0.2, 0) is 4.74 Å². The van der Waals surface area contributed by atoms with Crippen LogP contribution in [0.25, 0.3) is 0 Å². The molecule has 0 saturated heterocycles. The van der Waals surface area contributed by atoms with Crippen LogP contribution in [-0.4, -0.2) is 24.9 Å². The first-order chi connectivity index (χ1) is 9.85. The molecule has 0 rings (SSSR count). The van der Waals surface area contributed by atoms with E-state index in [4.69, 9.17) is 9.84 Å². The lowest BCUT2D eigenvalue weighted by atomic mass is 10.2. The molecule has 0 radical (unpaired) electrons. The minimum atomic E-state index is 0.183. The standard InChI is InChI=1S/C18H24O2/c1-3-15-18(20-2)16-13-11-9-7-5-4-6-8-10-12-14-17-19/h5,7,9,11,13,16,18-19H,3,12,14-15,17H2,1-2H3/b7-5+,11-9+,16-13+/t18-/m1/s1. The monoisotopic (exact) mass is 272 g/mol. The van der Waals surface area contributed by atoms with Gasteiger partial charge in [0.25, 0.3) is 0 Å². The molecule has 0 heterocycles. The lowest BCUT2D eigenvalue weighted by Gasteiger charge is -2.07. The van der Waals surface area contributed by atoms with Gasteiger partial charge < -0.3 is 9.84 Å². The van der Waals surface area contributed by atoms with Crippen LogP contribution in [0.1, 0.15) is 32.6 Å². The van der Waals surface area contributed by atoms with Gasteiger partial charge in [-0.15, -0.1) is 0 Å². The molecular formula is C18H24O2. The number of aliphatic hydroxyl groups excluding tert-OH is 1. The highest BCUT2D eigenvalue weighted by Crippen LogP contribution is 2.02. The maximum atomic E-state index is 8.55. The quantitative estimate of drug-likeness (QED) is 0.417. The summed E-state index contributed by atoms with van der Waals surface area (Å²) in [5.41, 5.74) is 0. The van der Waals surface area contributed by atoms with Crippen molar-refractivity contribution in [1.29, 1.82) is 0 Å².